The molecule has 2 atom stereocenters. The quantitative estimate of drug-likeness (QED) is 0.610. The summed E-state index contributed by atoms with van der Waals surface area (Å²) in [6.45, 7) is 12.0. The standard InChI is InChI=1S/C23H37N3O5/c1-9-15-10-12-16(13-11-15)18(19(28)25-22(2,3)4)26(8)20(29)17(14-27)24-21(30)31-23(5,6)7/h10-13,17-18,27H,9,14H2,1-8H3,(H,24,30)(H,25,28). The molecule has 0 saturated heterocycles. The number of ether oxygens (including phenoxy) is 1. The second-order valence-corrected chi connectivity index (χ2v) is 9.57. The summed E-state index contributed by atoms with van der Waals surface area (Å²) in [5.74, 6) is -0.969. The molecule has 0 aliphatic carbocycles. The molecule has 0 aliphatic heterocycles. The van der Waals surface area contributed by atoms with Crippen molar-refractivity contribution in [3.63, 3.8) is 0 Å². The number of carbonyl (C=O) groups is 3. The maximum atomic E-state index is 13.1. The third-order valence-electron chi connectivity index (χ3n) is 4.36. The van der Waals surface area contributed by atoms with Crippen LogP contribution >= 0.6 is 0 Å². The average molecular weight is 436 g/mol. The van der Waals surface area contributed by atoms with Crippen molar-refractivity contribution in [1.82, 2.24) is 15.5 Å². The van der Waals surface area contributed by atoms with Crippen molar-refractivity contribution in [2.75, 3.05) is 13.7 Å². The zero-order chi connectivity index (χ0) is 24.0. The number of aliphatic hydroxyl groups excluding tert-OH is 1. The molecule has 0 spiro atoms. The van der Waals surface area contributed by atoms with E-state index in [4.69, 9.17) is 4.74 Å². The number of rotatable bonds is 7. The lowest BCUT2D eigenvalue weighted by Crippen LogP contribution is -2.54. The highest BCUT2D eigenvalue weighted by Gasteiger charge is 2.35. The van der Waals surface area contributed by atoms with Crippen molar-refractivity contribution >= 4 is 17.9 Å². The molecule has 174 valence electrons. The van der Waals surface area contributed by atoms with Crippen LogP contribution in [0.2, 0.25) is 0 Å². The lowest BCUT2D eigenvalue weighted by Gasteiger charge is -2.33. The predicted octanol–water partition coefficient (Wildman–Crippen LogP) is 2.55. The Morgan fingerprint density at radius 3 is 2.03 bits per heavy atom. The van der Waals surface area contributed by atoms with Gasteiger partial charge in [0.25, 0.3) is 0 Å². The van der Waals surface area contributed by atoms with E-state index in [1.807, 2.05) is 52.0 Å². The number of likely N-dealkylation sites (N-methyl/N-ethyl adjacent to an activating group) is 1. The van der Waals surface area contributed by atoms with Gasteiger partial charge in [-0.1, -0.05) is 31.2 Å². The van der Waals surface area contributed by atoms with Gasteiger partial charge in [-0.05, 0) is 59.1 Å². The number of hydrogen-bond donors (Lipinski definition) is 3. The molecule has 8 heteroatoms. The summed E-state index contributed by atoms with van der Waals surface area (Å²) in [5, 5.41) is 15.0. The fourth-order valence-electron chi connectivity index (χ4n) is 2.93. The number of benzene rings is 1. The fourth-order valence-corrected chi connectivity index (χ4v) is 2.93. The van der Waals surface area contributed by atoms with Gasteiger partial charge in [-0.2, -0.15) is 0 Å². The van der Waals surface area contributed by atoms with Crippen LogP contribution in [0.25, 0.3) is 0 Å². The largest absolute Gasteiger partial charge is 0.444 e. The summed E-state index contributed by atoms with van der Waals surface area (Å²) >= 11 is 0. The topological polar surface area (TPSA) is 108 Å². The number of aryl methyl sites for hydroxylation is 1. The van der Waals surface area contributed by atoms with Crippen LogP contribution in [0.1, 0.15) is 65.6 Å². The van der Waals surface area contributed by atoms with Crippen LogP contribution in [0, 0.1) is 0 Å². The summed E-state index contributed by atoms with van der Waals surface area (Å²) < 4.78 is 5.17. The zero-order valence-electron chi connectivity index (χ0n) is 19.9. The van der Waals surface area contributed by atoms with Gasteiger partial charge in [-0.3, -0.25) is 9.59 Å². The number of amides is 3. The smallest absolute Gasteiger partial charge is 0.408 e. The van der Waals surface area contributed by atoms with E-state index in [0.717, 1.165) is 12.0 Å². The summed E-state index contributed by atoms with van der Waals surface area (Å²) in [4.78, 5) is 39.5. The molecule has 0 heterocycles. The van der Waals surface area contributed by atoms with E-state index in [0.29, 0.717) is 5.56 Å². The van der Waals surface area contributed by atoms with Crippen LogP contribution in [-0.2, 0) is 20.7 Å². The number of carbonyl (C=O) groups excluding carboxylic acids is 3. The first-order valence-electron chi connectivity index (χ1n) is 10.5. The molecule has 0 radical (unpaired) electrons. The first-order chi connectivity index (χ1) is 14.2. The van der Waals surface area contributed by atoms with Gasteiger partial charge in [0.15, 0.2) is 0 Å². The molecular formula is C23H37N3O5. The van der Waals surface area contributed by atoms with Gasteiger partial charge >= 0.3 is 6.09 Å². The zero-order valence-corrected chi connectivity index (χ0v) is 19.9. The average Bonchev–Trinajstić information content (AvgIpc) is 2.63. The second-order valence-electron chi connectivity index (χ2n) is 9.57. The molecule has 3 N–H and O–H groups in total. The number of nitrogens with one attached hydrogen (secondary N) is 2. The van der Waals surface area contributed by atoms with E-state index in [2.05, 4.69) is 10.6 Å². The molecular weight excluding hydrogens is 398 g/mol. The summed E-state index contributed by atoms with van der Waals surface area (Å²) in [6.07, 6.45) is 0.0246. The Balaban J connectivity index is 3.18. The number of alkyl carbamates (subject to hydrolysis) is 1. The number of nitrogens with zero attached hydrogens (tertiary/aromatic N) is 1. The van der Waals surface area contributed by atoms with E-state index in [-0.39, 0.29) is 5.91 Å². The Kier molecular flexibility index (Phi) is 9.05. The summed E-state index contributed by atoms with van der Waals surface area (Å²) in [7, 11) is 1.47. The molecule has 8 nitrogen and oxygen atoms in total. The van der Waals surface area contributed by atoms with E-state index < -0.39 is 41.8 Å². The van der Waals surface area contributed by atoms with Crippen molar-refractivity contribution in [2.24, 2.45) is 0 Å². The normalized spacial score (nSPS) is 13.7. The van der Waals surface area contributed by atoms with Gasteiger partial charge in [-0.15, -0.1) is 0 Å². The van der Waals surface area contributed by atoms with Gasteiger partial charge in [0.05, 0.1) is 6.61 Å². The lowest BCUT2D eigenvalue weighted by atomic mass is 9.99. The maximum absolute atomic E-state index is 13.1. The van der Waals surface area contributed by atoms with Crippen LogP contribution in [0.4, 0.5) is 4.79 Å². The molecule has 31 heavy (non-hydrogen) atoms. The molecule has 0 aliphatic rings. The van der Waals surface area contributed by atoms with Crippen LogP contribution < -0.4 is 10.6 Å². The first kappa shape index (κ1) is 26.4. The molecule has 1 aromatic rings. The van der Waals surface area contributed by atoms with Crippen molar-refractivity contribution in [2.45, 2.75) is 78.1 Å². The van der Waals surface area contributed by atoms with E-state index in [9.17, 15) is 19.5 Å². The highest BCUT2D eigenvalue weighted by atomic mass is 16.6. The molecule has 0 bridgehead atoms. The second kappa shape index (κ2) is 10.6. The van der Waals surface area contributed by atoms with Crippen LogP contribution in [-0.4, -0.2) is 58.8 Å². The minimum Gasteiger partial charge on any atom is -0.444 e. The van der Waals surface area contributed by atoms with E-state index >= 15 is 0 Å². The van der Waals surface area contributed by atoms with Crippen LogP contribution in [0.5, 0.6) is 0 Å². The van der Waals surface area contributed by atoms with Gasteiger partial charge < -0.3 is 25.4 Å². The molecule has 0 fully saturated rings. The number of hydrogen-bond acceptors (Lipinski definition) is 5. The maximum Gasteiger partial charge on any atom is 0.408 e. The summed E-state index contributed by atoms with van der Waals surface area (Å²) in [5.41, 5.74) is 0.472. The van der Waals surface area contributed by atoms with Crippen LogP contribution in [0.15, 0.2) is 24.3 Å². The monoisotopic (exact) mass is 435 g/mol. The Bertz CT molecular complexity index is 763. The highest BCUT2D eigenvalue weighted by Crippen LogP contribution is 2.23. The minimum absolute atomic E-state index is 0.360. The summed E-state index contributed by atoms with van der Waals surface area (Å²) in [6, 6.07) is 5.25. The third kappa shape index (κ3) is 8.57. The predicted molar refractivity (Wildman–Crippen MR) is 119 cm³/mol. The van der Waals surface area contributed by atoms with E-state index in [1.54, 1.807) is 20.8 Å². The third-order valence-corrected chi connectivity index (χ3v) is 4.36. The SMILES string of the molecule is CCc1ccc(C(C(=O)NC(C)(C)C)N(C)C(=O)C(CO)NC(=O)OC(C)(C)C)cc1. The van der Waals surface area contributed by atoms with Gasteiger partial charge in [0.2, 0.25) is 11.8 Å². The lowest BCUT2D eigenvalue weighted by molar-refractivity contribution is -0.142. The fraction of sp³-hybridized carbons (Fsp3) is 0.609. The van der Waals surface area contributed by atoms with Gasteiger partial charge in [-0.25, -0.2) is 4.79 Å². The van der Waals surface area contributed by atoms with Crippen molar-refractivity contribution in [3.8, 4) is 0 Å². The Morgan fingerprint density at radius 1 is 1.06 bits per heavy atom. The van der Waals surface area contributed by atoms with Crippen LogP contribution in [0.3, 0.4) is 0 Å². The van der Waals surface area contributed by atoms with Crippen molar-refractivity contribution in [1.29, 1.82) is 0 Å². The molecule has 0 saturated carbocycles. The Labute approximate surface area is 185 Å². The molecule has 0 aromatic heterocycles. The van der Waals surface area contributed by atoms with Gasteiger partial charge in [0, 0.05) is 12.6 Å². The Morgan fingerprint density at radius 2 is 1.61 bits per heavy atom. The molecule has 2 unspecified atom stereocenters. The first-order valence-corrected chi connectivity index (χ1v) is 10.5. The van der Waals surface area contributed by atoms with Crippen molar-refractivity contribution in [3.05, 3.63) is 35.4 Å². The molecule has 1 aromatic carbocycles. The molecule has 1 rings (SSSR count). The number of aliphatic hydroxyl groups is 1. The molecule has 3 amide bonds. The highest BCUT2D eigenvalue weighted by molar-refractivity contribution is 5.92. The van der Waals surface area contributed by atoms with Crippen molar-refractivity contribution < 1.29 is 24.2 Å². The Hall–Kier alpha value is -2.61. The van der Waals surface area contributed by atoms with Gasteiger partial charge in [0.1, 0.15) is 17.7 Å². The minimum atomic E-state index is -1.25. The van der Waals surface area contributed by atoms with E-state index in [1.165, 1.54) is 11.9 Å².